The normalized spacial score (nSPS) is 24.5. The topological polar surface area (TPSA) is 74.7 Å². The number of carbonyl (C=O) groups is 1. The molecule has 3 rings (SSSR count). The van der Waals surface area contributed by atoms with Crippen LogP contribution in [0.25, 0.3) is 0 Å². The molecule has 0 bridgehead atoms. The quantitative estimate of drug-likeness (QED) is 0.651. The van der Waals surface area contributed by atoms with Crippen LogP contribution >= 0.6 is 0 Å². The number of hydrogen-bond acceptors (Lipinski definition) is 5. The molecule has 1 aliphatic carbocycles. The van der Waals surface area contributed by atoms with Crippen molar-refractivity contribution < 1.29 is 19.0 Å². The summed E-state index contributed by atoms with van der Waals surface area (Å²) in [5, 5.41) is 12.6. The van der Waals surface area contributed by atoms with Crippen molar-refractivity contribution in [2.75, 3.05) is 32.8 Å². The molecule has 1 aromatic rings. The van der Waals surface area contributed by atoms with Gasteiger partial charge in [-0.1, -0.05) is 13.3 Å². The first kappa shape index (κ1) is 20.0. The van der Waals surface area contributed by atoms with E-state index in [2.05, 4.69) is 22.1 Å². The van der Waals surface area contributed by atoms with E-state index < -0.39 is 5.97 Å². The number of nitrogens with one attached hydrogen (secondary N) is 1. The lowest BCUT2D eigenvalue weighted by Crippen LogP contribution is -2.49. The third-order valence-electron chi connectivity index (χ3n) is 5.97. The zero-order chi connectivity index (χ0) is 19.3. The highest BCUT2D eigenvalue weighted by Gasteiger charge is 2.40. The van der Waals surface area contributed by atoms with Gasteiger partial charge in [-0.25, -0.2) is 9.37 Å². The third-order valence-corrected chi connectivity index (χ3v) is 5.97. The SMILES string of the molecule is CCC1C[C@H]1NCC1(COc2ccc(F)cn2)CCN(CCC(=O)O)CC1. The fourth-order valence-corrected chi connectivity index (χ4v) is 3.85. The maximum Gasteiger partial charge on any atom is 0.304 e. The van der Waals surface area contributed by atoms with Crippen molar-refractivity contribution in [1.29, 1.82) is 0 Å². The van der Waals surface area contributed by atoms with Crippen LogP contribution in [0.3, 0.4) is 0 Å². The number of carboxylic acid groups (broad SMARTS) is 1. The molecule has 1 saturated carbocycles. The number of likely N-dealkylation sites (tertiary alicyclic amines) is 1. The largest absolute Gasteiger partial charge is 0.481 e. The number of hydrogen-bond donors (Lipinski definition) is 2. The highest BCUT2D eigenvalue weighted by molar-refractivity contribution is 5.66. The van der Waals surface area contributed by atoms with Crippen LogP contribution in [-0.4, -0.2) is 59.8 Å². The number of aromatic nitrogens is 1. The van der Waals surface area contributed by atoms with Gasteiger partial charge in [-0.3, -0.25) is 4.79 Å². The summed E-state index contributed by atoms with van der Waals surface area (Å²) < 4.78 is 19.0. The van der Waals surface area contributed by atoms with Gasteiger partial charge < -0.3 is 20.1 Å². The molecule has 2 fully saturated rings. The first-order valence-corrected chi connectivity index (χ1v) is 9.91. The van der Waals surface area contributed by atoms with Gasteiger partial charge in [-0.15, -0.1) is 0 Å². The van der Waals surface area contributed by atoms with E-state index in [1.165, 1.54) is 25.1 Å². The van der Waals surface area contributed by atoms with Crippen molar-refractivity contribution in [3.63, 3.8) is 0 Å². The van der Waals surface area contributed by atoms with E-state index in [9.17, 15) is 9.18 Å². The van der Waals surface area contributed by atoms with Gasteiger partial charge in [0.25, 0.3) is 0 Å². The van der Waals surface area contributed by atoms with Crippen LogP contribution in [0.4, 0.5) is 4.39 Å². The van der Waals surface area contributed by atoms with E-state index >= 15 is 0 Å². The van der Waals surface area contributed by atoms with Crippen molar-refractivity contribution in [3.8, 4) is 5.88 Å². The third kappa shape index (κ3) is 5.87. The Labute approximate surface area is 160 Å². The fourth-order valence-electron chi connectivity index (χ4n) is 3.85. The van der Waals surface area contributed by atoms with Crippen LogP contribution in [0.2, 0.25) is 0 Å². The van der Waals surface area contributed by atoms with Gasteiger partial charge in [0.1, 0.15) is 5.82 Å². The van der Waals surface area contributed by atoms with Crippen molar-refractivity contribution in [3.05, 3.63) is 24.1 Å². The summed E-state index contributed by atoms with van der Waals surface area (Å²) in [6.07, 6.45) is 5.71. The number of aliphatic carboxylic acids is 1. The molecule has 1 unspecified atom stereocenters. The van der Waals surface area contributed by atoms with Gasteiger partial charge in [0.05, 0.1) is 19.2 Å². The van der Waals surface area contributed by atoms with Gasteiger partial charge in [-0.2, -0.15) is 0 Å². The summed E-state index contributed by atoms with van der Waals surface area (Å²) in [6, 6.07) is 3.53. The molecule has 0 spiro atoms. The fraction of sp³-hybridized carbons (Fsp3) is 0.700. The Balaban J connectivity index is 1.55. The molecule has 150 valence electrons. The molecule has 2 aliphatic rings. The van der Waals surface area contributed by atoms with E-state index in [0.29, 0.717) is 25.1 Å². The number of nitrogens with zero attached hydrogens (tertiary/aromatic N) is 2. The summed E-state index contributed by atoms with van der Waals surface area (Å²) in [6.45, 7) is 6.00. The van der Waals surface area contributed by atoms with Gasteiger partial charge in [0.15, 0.2) is 0 Å². The Bertz CT molecular complexity index is 617. The highest BCUT2D eigenvalue weighted by atomic mass is 19.1. The van der Waals surface area contributed by atoms with Crippen molar-refractivity contribution in [2.24, 2.45) is 11.3 Å². The number of rotatable bonds is 10. The van der Waals surface area contributed by atoms with E-state index in [4.69, 9.17) is 9.84 Å². The average molecular weight is 379 g/mol. The lowest BCUT2D eigenvalue weighted by atomic mass is 9.78. The minimum absolute atomic E-state index is 0.00330. The molecule has 0 amide bonds. The van der Waals surface area contributed by atoms with E-state index in [1.54, 1.807) is 6.07 Å². The predicted molar refractivity (Wildman–Crippen MR) is 100 cm³/mol. The van der Waals surface area contributed by atoms with Crippen LogP contribution in [0, 0.1) is 17.2 Å². The molecule has 1 saturated heterocycles. The number of pyridine rings is 1. The highest BCUT2D eigenvalue weighted by Crippen LogP contribution is 2.36. The van der Waals surface area contributed by atoms with Crippen molar-refractivity contribution in [1.82, 2.24) is 15.2 Å². The second kappa shape index (κ2) is 8.97. The molecular formula is C20H30FN3O3. The minimum Gasteiger partial charge on any atom is -0.481 e. The molecule has 2 atom stereocenters. The Morgan fingerprint density at radius 2 is 2.22 bits per heavy atom. The molecule has 6 nitrogen and oxygen atoms in total. The number of ether oxygens (including phenoxy) is 1. The minimum atomic E-state index is -0.751. The van der Waals surface area contributed by atoms with Crippen LogP contribution in [0.5, 0.6) is 5.88 Å². The molecule has 0 radical (unpaired) electrons. The Hall–Kier alpha value is -1.73. The predicted octanol–water partition coefficient (Wildman–Crippen LogP) is 2.54. The Kier molecular flexibility index (Phi) is 6.65. The second-order valence-electron chi connectivity index (χ2n) is 7.98. The summed E-state index contributed by atoms with van der Waals surface area (Å²) in [5.74, 6) is 0.114. The zero-order valence-electron chi connectivity index (χ0n) is 16.0. The maximum absolute atomic E-state index is 13.0. The molecular weight excluding hydrogens is 349 g/mol. The number of halogens is 1. The molecule has 0 aromatic carbocycles. The monoisotopic (exact) mass is 379 g/mol. The summed E-state index contributed by atoms with van der Waals surface area (Å²) in [4.78, 5) is 17.0. The van der Waals surface area contributed by atoms with E-state index in [1.807, 2.05) is 0 Å². The lowest BCUT2D eigenvalue weighted by Gasteiger charge is -2.41. The van der Waals surface area contributed by atoms with Crippen LogP contribution < -0.4 is 10.1 Å². The van der Waals surface area contributed by atoms with Gasteiger partial charge in [0.2, 0.25) is 5.88 Å². The Morgan fingerprint density at radius 1 is 1.44 bits per heavy atom. The summed E-state index contributed by atoms with van der Waals surface area (Å²) in [7, 11) is 0. The molecule has 1 aromatic heterocycles. The van der Waals surface area contributed by atoms with Crippen LogP contribution in [-0.2, 0) is 4.79 Å². The van der Waals surface area contributed by atoms with E-state index in [-0.39, 0.29) is 17.7 Å². The lowest BCUT2D eigenvalue weighted by molar-refractivity contribution is -0.137. The zero-order valence-corrected chi connectivity index (χ0v) is 16.0. The molecule has 1 aliphatic heterocycles. The standard InChI is InChI=1S/C20H30FN3O3/c1-2-15-11-17(15)23-13-20(14-27-18-4-3-16(21)12-22-18)6-9-24(10-7-20)8-5-19(25)26/h3-4,12,15,17,23H,2,5-11,13-14H2,1H3,(H,25,26)/t15?,17-/m1/s1. The van der Waals surface area contributed by atoms with Crippen molar-refractivity contribution in [2.45, 2.75) is 45.1 Å². The molecule has 2 N–H and O–H groups in total. The molecule has 7 heteroatoms. The van der Waals surface area contributed by atoms with Gasteiger partial charge in [0, 0.05) is 30.6 Å². The maximum atomic E-state index is 13.0. The Morgan fingerprint density at radius 3 is 2.81 bits per heavy atom. The smallest absolute Gasteiger partial charge is 0.304 e. The molecule has 2 heterocycles. The second-order valence-corrected chi connectivity index (χ2v) is 7.98. The van der Waals surface area contributed by atoms with Gasteiger partial charge in [-0.05, 0) is 44.3 Å². The van der Waals surface area contributed by atoms with Crippen molar-refractivity contribution >= 4 is 5.97 Å². The summed E-state index contributed by atoms with van der Waals surface area (Å²) >= 11 is 0. The first-order chi connectivity index (χ1) is 13.0. The summed E-state index contributed by atoms with van der Waals surface area (Å²) in [5.41, 5.74) is -0.00330. The number of carboxylic acids is 1. The average Bonchev–Trinajstić information content (AvgIpc) is 3.44. The molecule has 27 heavy (non-hydrogen) atoms. The van der Waals surface area contributed by atoms with Crippen LogP contribution in [0.1, 0.15) is 39.0 Å². The van der Waals surface area contributed by atoms with Crippen LogP contribution in [0.15, 0.2) is 18.3 Å². The van der Waals surface area contributed by atoms with E-state index in [0.717, 1.165) is 38.4 Å². The number of piperidine rings is 1. The first-order valence-electron chi connectivity index (χ1n) is 9.91. The van der Waals surface area contributed by atoms with Gasteiger partial charge >= 0.3 is 5.97 Å².